The van der Waals surface area contributed by atoms with Gasteiger partial charge in [0.15, 0.2) is 0 Å². The van der Waals surface area contributed by atoms with E-state index in [1.807, 2.05) is 11.3 Å². The van der Waals surface area contributed by atoms with Gasteiger partial charge >= 0.3 is 0 Å². The van der Waals surface area contributed by atoms with Gasteiger partial charge in [-0.05, 0) is 114 Å². The molecule has 0 N–H and O–H groups in total. The average molecular weight is 810 g/mol. The van der Waals surface area contributed by atoms with Gasteiger partial charge in [-0.15, -0.1) is 11.3 Å². The molecule has 0 spiro atoms. The second-order valence-corrected chi connectivity index (χ2v) is 16.9. The van der Waals surface area contributed by atoms with E-state index >= 15 is 0 Å². The summed E-state index contributed by atoms with van der Waals surface area (Å²) in [5, 5.41) is 7.53. The van der Waals surface area contributed by atoms with Crippen LogP contribution in [0.15, 0.2) is 237 Å². The Bertz CT molecular complexity index is 3550. The fourth-order valence-electron chi connectivity index (χ4n) is 9.30. The highest BCUT2D eigenvalue weighted by Crippen LogP contribution is 2.45. The van der Waals surface area contributed by atoms with Crippen LogP contribution in [0.4, 0.5) is 34.1 Å². The van der Waals surface area contributed by atoms with Crippen LogP contribution in [0.1, 0.15) is 0 Å². The zero-order valence-electron chi connectivity index (χ0n) is 33.8. The number of nitrogens with zero attached hydrogens (tertiary/aromatic N) is 3. The van der Waals surface area contributed by atoms with E-state index in [0.717, 1.165) is 50.9 Å². The van der Waals surface area contributed by atoms with Crippen molar-refractivity contribution in [2.24, 2.45) is 0 Å². The van der Waals surface area contributed by atoms with E-state index in [1.54, 1.807) is 0 Å². The van der Waals surface area contributed by atoms with E-state index in [0.29, 0.717) is 0 Å². The van der Waals surface area contributed by atoms with E-state index in [4.69, 9.17) is 0 Å². The number of anilines is 6. The minimum Gasteiger partial charge on any atom is -0.310 e. The molecule has 0 saturated carbocycles. The van der Waals surface area contributed by atoms with Crippen LogP contribution in [-0.2, 0) is 0 Å². The quantitative estimate of drug-likeness (QED) is 0.151. The molecule has 0 radical (unpaired) electrons. The van der Waals surface area contributed by atoms with Crippen LogP contribution in [0, 0.1) is 0 Å². The molecule has 12 aromatic rings. The third-order valence-electron chi connectivity index (χ3n) is 12.1. The Morgan fingerprint density at radius 3 is 1.61 bits per heavy atom. The Balaban J connectivity index is 1.05. The standard InChI is InChI=1S/C58H39N3S/c1-4-18-43(19-5-1)59(44-20-6-2-7-21-44)47-25-15-26-48(38-47)60(49-32-35-57-54(39-49)52-28-12-13-29-56(52)62-57)46-24-14-17-41(36-46)42-31-33-51-53-34-30-40-16-10-11-27-50(40)58(53)61(55(51)37-42)45-22-8-3-9-23-45/h1-39H. The van der Waals surface area contributed by atoms with Crippen LogP contribution in [0.2, 0.25) is 0 Å². The Kier molecular flexibility index (Phi) is 8.68. The number of hydrogen-bond acceptors (Lipinski definition) is 3. The van der Waals surface area contributed by atoms with Crippen molar-refractivity contribution in [1.82, 2.24) is 4.57 Å². The maximum Gasteiger partial charge on any atom is 0.0619 e. The van der Waals surface area contributed by atoms with Crippen molar-refractivity contribution >= 4 is 98.2 Å². The predicted octanol–water partition coefficient (Wildman–Crippen LogP) is 16.9. The monoisotopic (exact) mass is 809 g/mol. The van der Waals surface area contributed by atoms with E-state index in [2.05, 4.69) is 251 Å². The molecule has 0 unspecified atom stereocenters. The molecule has 0 aliphatic rings. The fourth-order valence-corrected chi connectivity index (χ4v) is 10.4. The van der Waals surface area contributed by atoms with Gasteiger partial charge in [0.2, 0.25) is 0 Å². The number of aromatic nitrogens is 1. The molecule has 3 nitrogen and oxygen atoms in total. The summed E-state index contributed by atoms with van der Waals surface area (Å²) in [4.78, 5) is 4.75. The molecule has 0 fully saturated rings. The molecule has 292 valence electrons. The van der Waals surface area contributed by atoms with Crippen molar-refractivity contribution in [3.05, 3.63) is 237 Å². The zero-order chi connectivity index (χ0) is 41.0. The summed E-state index contributed by atoms with van der Waals surface area (Å²) in [6.45, 7) is 0. The van der Waals surface area contributed by atoms with E-state index in [9.17, 15) is 0 Å². The largest absolute Gasteiger partial charge is 0.310 e. The summed E-state index contributed by atoms with van der Waals surface area (Å²) in [5.74, 6) is 0. The third kappa shape index (κ3) is 6.11. The number of fused-ring (bicyclic) bond motifs is 8. The zero-order valence-corrected chi connectivity index (χ0v) is 34.6. The molecule has 2 aromatic heterocycles. The predicted molar refractivity (Wildman–Crippen MR) is 266 cm³/mol. The molecule has 10 aromatic carbocycles. The lowest BCUT2D eigenvalue weighted by atomic mass is 10.0. The second kappa shape index (κ2) is 15.0. The molecule has 0 aliphatic carbocycles. The van der Waals surface area contributed by atoms with Crippen LogP contribution < -0.4 is 9.80 Å². The van der Waals surface area contributed by atoms with Gasteiger partial charge in [-0.1, -0.05) is 140 Å². The molecule has 0 saturated heterocycles. The van der Waals surface area contributed by atoms with Crippen LogP contribution >= 0.6 is 11.3 Å². The summed E-state index contributed by atoms with van der Waals surface area (Å²) in [7, 11) is 0. The lowest BCUT2D eigenvalue weighted by Crippen LogP contribution is -2.13. The molecule has 0 aliphatic heterocycles. The van der Waals surface area contributed by atoms with Crippen LogP contribution in [0.3, 0.4) is 0 Å². The molecule has 2 heterocycles. The van der Waals surface area contributed by atoms with Crippen molar-refractivity contribution < 1.29 is 0 Å². The highest BCUT2D eigenvalue weighted by molar-refractivity contribution is 7.25. The van der Waals surface area contributed by atoms with Gasteiger partial charge in [-0.3, -0.25) is 0 Å². The number of benzene rings is 10. The highest BCUT2D eigenvalue weighted by Gasteiger charge is 2.20. The molecule has 4 heteroatoms. The first-order valence-electron chi connectivity index (χ1n) is 21.1. The van der Waals surface area contributed by atoms with E-state index in [1.165, 1.54) is 52.8 Å². The van der Waals surface area contributed by atoms with Crippen molar-refractivity contribution in [2.45, 2.75) is 0 Å². The van der Waals surface area contributed by atoms with Crippen molar-refractivity contribution in [3.8, 4) is 16.8 Å². The minimum atomic E-state index is 1.07. The number of hydrogen-bond donors (Lipinski definition) is 0. The SMILES string of the molecule is c1ccc(N(c2ccccc2)c2cccc(N(c3cccc(-c4ccc5c6ccc7ccccc7c6n(-c6ccccc6)c5c4)c3)c3ccc4sc5ccccc5c4c3)c2)cc1. The van der Waals surface area contributed by atoms with Gasteiger partial charge in [0, 0.05) is 76.1 Å². The summed E-state index contributed by atoms with van der Waals surface area (Å²) in [6.07, 6.45) is 0. The Morgan fingerprint density at radius 2 is 0.855 bits per heavy atom. The summed E-state index contributed by atoms with van der Waals surface area (Å²) in [5.41, 5.74) is 12.4. The third-order valence-corrected chi connectivity index (χ3v) is 13.3. The smallest absolute Gasteiger partial charge is 0.0619 e. The summed E-state index contributed by atoms with van der Waals surface area (Å²) in [6, 6.07) is 85.9. The maximum atomic E-state index is 2.45. The Labute approximate surface area is 364 Å². The van der Waals surface area contributed by atoms with Gasteiger partial charge in [-0.25, -0.2) is 0 Å². The van der Waals surface area contributed by atoms with Gasteiger partial charge < -0.3 is 14.4 Å². The number of thiophene rings is 1. The first-order chi connectivity index (χ1) is 30.7. The van der Waals surface area contributed by atoms with Crippen molar-refractivity contribution in [2.75, 3.05) is 9.80 Å². The van der Waals surface area contributed by atoms with Crippen molar-refractivity contribution in [1.29, 1.82) is 0 Å². The minimum absolute atomic E-state index is 1.07. The molecule has 0 amide bonds. The van der Waals surface area contributed by atoms with Gasteiger partial charge in [-0.2, -0.15) is 0 Å². The average Bonchev–Trinajstić information content (AvgIpc) is 3.88. The first-order valence-corrected chi connectivity index (χ1v) is 21.9. The lowest BCUT2D eigenvalue weighted by molar-refractivity contribution is 1.19. The van der Waals surface area contributed by atoms with Crippen molar-refractivity contribution in [3.63, 3.8) is 0 Å². The second-order valence-electron chi connectivity index (χ2n) is 15.8. The van der Waals surface area contributed by atoms with Crippen LogP contribution in [0.5, 0.6) is 0 Å². The van der Waals surface area contributed by atoms with E-state index in [-0.39, 0.29) is 0 Å². The molecular formula is C58H39N3S. The van der Waals surface area contributed by atoms with Gasteiger partial charge in [0.05, 0.1) is 11.0 Å². The maximum absolute atomic E-state index is 2.45. The summed E-state index contributed by atoms with van der Waals surface area (Å²) >= 11 is 1.85. The molecule has 0 bridgehead atoms. The fraction of sp³-hybridized carbons (Fsp3) is 0. The van der Waals surface area contributed by atoms with Crippen LogP contribution in [-0.4, -0.2) is 4.57 Å². The molecular weight excluding hydrogens is 771 g/mol. The number of para-hydroxylation sites is 3. The lowest BCUT2D eigenvalue weighted by Gasteiger charge is -2.29. The molecule has 62 heavy (non-hydrogen) atoms. The summed E-state index contributed by atoms with van der Waals surface area (Å²) < 4.78 is 5.03. The molecule has 12 rings (SSSR count). The van der Waals surface area contributed by atoms with Gasteiger partial charge in [0.1, 0.15) is 0 Å². The Morgan fingerprint density at radius 1 is 0.306 bits per heavy atom. The highest BCUT2D eigenvalue weighted by atomic mass is 32.1. The van der Waals surface area contributed by atoms with E-state index < -0.39 is 0 Å². The topological polar surface area (TPSA) is 11.4 Å². The number of rotatable bonds is 8. The van der Waals surface area contributed by atoms with Crippen LogP contribution in [0.25, 0.3) is 69.6 Å². The van der Waals surface area contributed by atoms with Gasteiger partial charge in [0.25, 0.3) is 0 Å². The normalized spacial score (nSPS) is 11.5. The molecule has 0 atom stereocenters. The Hall–Kier alpha value is -7.92. The first kappa shape index (κ1) is 36.0.